The third-order valence-electron chi connectivity index (χ3n) is 3.48. The first-order chi connectivity index (χ1) is 11.5. The van der Waals surface area contributed by atoms with Crippen molar-refractivity contribution < 1.29 is 18.7 Å². The minimum atomic E-state index is -0.853. The molecular formula is C18H19FN2O3. The van der Waals surface area contributed by atoms with Crippen LogP contribution in [0.5, 0.6) is 5.75 Å². The number of carbonyl (C=O) groups excluding carboxylic acids is 2. The minimum Gasteiger partial charge on any atom is -0.489 e. The Morgan fingerprint density at radius 1 is 1.21 bits per heavy atom. The van der Waals surface area contributed by atoms with E-state index >= 15 is 0 Å². The van der Waals surface area contributed by atoms with Gasteiger partial charge in [0.1, 0.15) is 24.1 Å². The Bertz CT molecular complexity index is 716. The molecule has 6 heteroatoms. The summed E-state index contributed by atoms with van der Waals surface area (Å²) in [6.45, 7) is 1.96. The van der Waals surface area contributed by atoms with Gasteiger partial charge < -0.3 is 15.8 Å². The second-order valence-electron chi connectivity index (χ2n) is 5.30. The van der Waals surface area contributed by atoms with E-state index in [1.54, 1.807) is 43.3 Å². The van der Waals surface area contributed by atoms with Crippen LogP contribution in [-0.2, 0) is 16.2 Å². The van der Waals surface area contributed by atoms with E-state index in [1.165, 1.54) is 12.1 Å². The fraction of sp³-hybridized carbons (Fsp3) is 0.222. The highest BCUT2D eigenvalue weighted by molar-refractivity contribution is 6.05. The Kier molecular flexibility index (Phi) is 5.89. The van der Waals surface area contributed by atoms with Crippen molar-refractivity contribution in [3.63, 3.8) is 0 Å². The summed E-state index contributed by atoms with van der Waals surface area (Å²) in [5.41, 5.74) is 6.45. The number of ether oxygens (including phenoxy) is 1. The molecule has 1 atom stereocenters. The lowest BCUT2D eigenvalue weighted by Crippen LogP contribution is -2.33. The number of amides is 2. The molecule has 2 aromatic carbocycles. The molecule has 0 saturated carbocycles. The lowest BCUT2D eigenvalue weighted by Gasteiger charge is -2.12. The Labute approximate surface area is 139 Å². The summed E-state index contributed by atoms with van der Waals surface area (Å²) in [6.07, 6.45) is 0.343. The number of hydrogen-bond acceptors (Lipinski definition) is 3. The van der Waals surface area contributed by atoms with E-state index in [0.717, 1.165) is 5.56 Å². The topological polar surface area (TPSA) is 81.4 Å². The van der Waals surface area contributed by atoms with Crippen LogP contribution in [0, 0.1) is 11.7 Å². The van der Waals surface area contributed by atoms with E-state index in [0.29, 0.717) is 17.9 Å². The van der Waals surface area contributed by atoms with Crippen LogP contribution in [0.15, 0.2) is 48.5 Å². The summed E-state index contributed by atoms with van der Waals surface area (Å²) in [7, 11) is 0. The molecule has 2 amide bonds. The standard InChI is InChI=1S/C18H19FN2O3/c1-2-16(17(20)22)18(23)21-14-6-8-15(9-7-14)24-11-12-4-3-5-13(19)10-12/h3-10,16H,2,11H2,1H3,(H2,20,22)(H,21,23). The molecule has 0 spiro atoms. The number of hydrogen-bond donors (Lipinski definition) is 2. The summed E-state index contributed by atoms with van der Waals surface area (Å²) in [4.78, 5) is 23.1. The van der Waals surface area contributed by atoms with E-state index in [2.05, 4.69) is 5.32 Å². The Balaban J connectivity index is 1.93. The maximum Gasteiger partial charge on any atom is 0.236 e. The fourth-order valence-electron chi connectivity index (χ4n) is 2.17. The van der Waals surface area contributed by atoms with Crippen LogP contribution in [0.1, 0.15) is 18.9 Å². The van der Waals surface area contributed by atoms with Gasteiger partial charge in [-0.25, -0.2) is 4.39 Å². The van der Waals surface area contributed by atoms with Gasteiger partial charge in [-0.3, -0.25) is 9.59 Å². The Morgan fingerprint density at radius 2 is 1.92 bits per heavy atom. The molecule has 5 nitrogen and oxygen atoms in total. The highest BCUT2D eigenvalue weighted by Gasteiger charge is 2.22. The molecule has 0 saturated heterocycles. The summed E-state index contributed by atoms with van der Waals surface area (Å²) in [5, 5.41) is 2.64. The van der Waals surface area contributed by atoms with Crippen molar-refractivity contribution in [1.82, 2.24) is 0 Å². The molecule has 0 aliphatic carbocycles. The van der Waals surface area contributed by atoms with Gasteiger partial charge in [0, 0.05) is 5.69 Å². The van der Waals surface area contributed by atoms with Crippen LogP contribution >= 0.6 is 0 Å². The van der Waals surface area contributed by atoms with E-state index in [4.69, 9.17) is 10.5 Å². The maximum atomic E-state index is 13.1. The number of benzene rings is 2. The Hall–Kier alpha value is -2.89. The first-order valence-corrected chi connectivity index (χ1v) is 7.57. The molecule has 0 heterocycles. The lowest BCUT2D eigenvalue weighted by molar-refractivity contribution is -0.130. The number of carbonyl (C=O) groups is 2. The van der Waals surface area contributed by atoms with Crippen molar-refractivity contribution in [2.75, 3.05) is 5.32 Å². The zero-order valence-electron chi connectivity index (χ0n) is 13.3. The van der Waals surface area contributed by atoms with Gasteiger partial charge in [-0.2, -0.15) is 0 Å². The van der Waals surface area contributed by atoms with Crippen molar-refractivity contribution in [3.8, 4) is 5.75 Å². The molecule has 2 aromatic rings. The average molecular weight is 330 g/mol. The molecule has 0 aliphatic rings. The number of anilines is 1. The second-order valence-corrected chi connectivity index (χ2v) is 5.30. The average Bonchev–Trinajstić information content (AvgIpc) is 2.54. The monoisotopic (exact) mass is 330 g/mol. The highest BCUT2D eigenvalue weighted by atomic mass is 19.1. The van der Waals surface area contributed by atoms with Crippen molar-refractivity contribution >= 4 is 17.5 Å². The van der Waals surface area contributed by atoms with E-state index in [-0.39, 0.29) is 12.4 Å². The molecule has 0 bridgehead atoms. The predicted octanol–water partition coefficient (Wildman–Crippen LogP) is 2.85. The summed E-state index contributed by atoms with van der Waals surface area (Å²) in [5.74, 6) is -1.66. The normalized spacial score (nSPS) is 11.6. The fourth-order valence-corrected chi connectivity index (χ4v) is 2.17. The third kappa shape index (κ3) is 4.81. The van der Waals surface area contributed by atoms with Gasteiger partial charge in [-0.15, -0.1) is 0 Å². The zero-order valence-corrected chi connectivity index (χ0v) is 13.3. The molecule has 0 aliphatic heterocycles. The molecule has 1 unspecified atom stereocenters. The van der Waals surface area contributed by atoms with Crippen LogP contribution in [0.25, 0.3) is 0 Å². The van der Waals surface area contributed by atoms with Crippen molar-refractivity contribution in [2.45, 2.75) is 20.0 Å². The smallest absolute Gasteiger partial charge is 0.236 e. The first-order valence-electron chi connectivity index (χ1n) is 7.57. The van der Waals surface area contributed by atoms with E-state index < -0.39 is 17.7 Å². The number of nitrogens with one attached hydrogen (secondary N) is 1. The van der Waals surface area contributed by atoms with Crippen molar-refractivity contribution in [1.29, 1.82) is 0 Å². The predicted molar refractivity (Wildman–Crippen MR) is 88.8 cm³/mol. The van der Waals surface area contributed by atoms with Crippen molar-refractivity contribution in [2.24, 2.45) is 11.7 Å². The highest BCUT2D eigenvalue weighted by Crippen LogP contribution is 2.18. The third-order valence-corrected chi connectivity index (χ3v) is 3.48. The number of nitrogens with two attached hydrogens (primary N) is 1. The number of rotatable bonds is 7. The zero-order chi connectivity index (χ0) is 17.5. The quantitative estimate of drug-likeness (QED) is 0.766. The van der Waals surface area contributed by atoms with Gasteiger partial charge in [-0.05, 0) is 48.4 Å². The minimum absolute atomic E-state index is 0.239. The Morgan fingerprint density at radius 3 is 2.50 bits per heavy atom. The molecule has 24 heavy (non-hydrogen) atoms. The van der Waals surface area contributed by atoms with Gasteiger partial charge >= 0.3 is 0 Å². The first kappa shape index (κ1) is 17.5. The SMILES string of the molecule is CCC(C(N)=O)C(=O)Nc1ccc(OCc2cccc(F)c2)cc1. The largest absolute Gasteiger partial charge is 0.489 e. The van der Waals surface area contributed by atoms with Gasteiger partial charge in [0.25, 0.3) is 0 Å². The molecule has 0 radical (unpaired) electrons. The summed E-state index contributed by atoms with van der Waals surface area (Å²) < 4.78 is 18.7. The number of primary amides is 1. The molecule has 2 rings (SSSR count). The second kappa shape index (κ2) is 8.10. The van der Waals surface area contributed by atoms with E-state index in [1.807, 2.05) is 0 Å². The van der Waals surface area contributed by atoms with Crippen LogP contribution in [0.4, 0.5) is 10.1 Å². The van der Waals surface area contributed by atoms with Gasteiger partial charge in [0.05, 0.1) is 0 Å². The maximum absolute atomic E-state index is 13.1. The molecule has 3 N–H and O–H groups in total. The van der Waals surface area contributed by atoms with Gasteiger partial charge in [0.2, 0.25) is 11.8 Å². The van der Waals surface area contributed by atoms with Crippen LogP contribution < -0.4 is 15.8 Å². The van der Waals surface area contributed by atoms with Crippen LogP contribution in [0.2, 0.25) is 0 Å². The van der Waals surface area contributed by atoms with Gasteiger partial charge in [0.15, 0.2) is 0 Å². The summed E-state index contributed by atoms with van der Waals surface area (Å²) in [6, 6.07) is 12.8. The number of halogens is 1. The molecule has 0 aromatic heterocycles. The molecular weight excluding hydrogens is 311 g/mol. The summed E-state index contributed by atoms with van der Waals surface area (Å²) >= 11 is 0. The van der Waals surface area contributed by atoms with Gasteiger partial charge in [-0.1, -0.05) is 19.1 Å². The van der Waals surface area contributed by atoms with Crippen LogP contribution in [-0.4, -0.2) is 11.8 Å². The van der Waals surface area contributed by atoms with Crippen LogP contribution in [0.3, 0.4) is 0 Å². The molecule has 0 fully saturated rings. The van der Waals surface area contributed by atoms with E-state index in [9.17, 15) is 14.0 Å². The lowest BCUT2D eigenvalue weighted by atomic mass is 10.1. The van der Waals surface area contributed by atoms with Crippen molar-refractivity contribution in [3.05, 3.63) is 59.9 Å². The molecule has 126 valence electrons.